The van der Waals surface area contributed by atoms with E-state index in [2.05, 4.69) is 0 Å². The molecule has 0 bridgehead atoms. The summed E-state index contributed by atoms with van der Waals surface area (Å²) in [6, 6.07) is 6.96. The third kappa shape index (κ3) is 3.02. The molecule has 2 aromatic carbocycles. The van der Waals surface area contributed by atoms with Crippen LogP contribution in [0.3, 0.4) is 0 Å². The Balaban J connectivity index is 2.17. The number of nitriles is 1. The van der Waals surface area contributed by atoms with Crippen molar-refractivity contribution in [2.45, 2.75) is 23.3 Å². The summed E-state index contributed by atoms with van der Waals surface area (Å²) in [5.74, 6) is -1.20. The van der Waals surface area contributed by atoms with Gasteiger partial charge in [-0.05, 0) is 24.3 Å². The Bertz CT molecular complexity index is 1030. The summed E-state index contributed by atoms with van der Waals surface area (Å²) in [6.07, 6.45) is -5.81. The third-order valence-electron chi connectivity index (χ3n) is 3.99. The van der Waals surface area contributed by atoms with Gasteiger partial charge in [-0.15, -0.1) is 0 Å². The van der Waals surface area contributed by atoms with Crippen LogP contribution in [-0.4, -0.2) is 26.0 Å². The van der Waals surface area contributed by atoms with Crippen molar-refractivity contribution in [2.75, 3.05) is 6.26 Å². The van der Waals surface area contributed by atoms with E-state index in [1.807, 2.05) is 0 Å². The van der Waals surface area contributed by atoms with Crippen LogP contribution in [0.25, 0.3) is 0 Å². The number of halogens is 3. The standard InChI is InChI=1S/C17H12F3NO4S/c1-26(23,24)12-3-2-11(13-14(12)17(22)16(20)15(13)19)25-10-5-8(7-21)4-9(18)6-10/h2-6,15-17,22H,1H3. The zero-order valence-electron chi connectivity index (χ0n) is 13.3. The zero-order chi connectivity index (χ0) is 19.2. The monoisotopic (exact) mass is 383 g/mol. The normalized spacial score (nSPS) is 21.9. The minimum absolute atomic E-state index is 0.0513. The van der Waals surface area contributed by atoms with Gasteiger partial charge in [0.2, 0.25) is 0 Å². The predicted molar refractivity (Wildman–Crippen MR) is 84.4 cm³/mol. The van der Waals surface area contributed by atoms with Gasteiger partial charge in [-0.1, -0.05) is 0 Å². The molecule has 0 radical (unpaired) electrons. The van der Waals surface area contributed by atoms with Crippen molar-refractivity contribution < 1.29 is 31.4 Å². The Kier molecular flexibility index (Phi) is 4.42. The number of benzene rings is 2. The van der Waals surface area contributed by atoms with E-state index in [1.165, 1.54) is 6.07 Å². The average molecular weight is 383 g/mol. The van der Waals surface area contributed by atoms with Crippen molar-refractivity contribution >= 4 is 9.84 Å². The zero-order valence-corrected chi connectivity index (χ0v) is 14.1. The van der Waals surface area contributed by atoms with Crippen molar-refractivity contribution in [1.29, 1.82) is 5.26 Å². The Morgan fingerprint density at radius 2 is 1.88 bits per heavy atom. The van der Waals surface area contributed by atoms with Gasteiger partial charge in [0.15, 0.2) is 22.2 Å². The first-order valence-corrected chi connectivity index (χ1v) is 9.24. The molecule has 0 spiro atoms. The molecule has 9 heteroatoms. The second-order valence-electron chi connectivity index (χ2n) is 5.84. The number of sulfone groups is 1. The van der Waals surface area contributed by atoms with E-state index in [-0.39, 0.29) is 17.1 Å². The van der Waals surface area contributed by atoms with E-state index < -0.39 is 50.1 Å². The van der Waals surface area contributed by atoms with Gasteiger partial charge in [0.05, 0.1) is 16.5 Å². The van der Waals surface area contributed by atoms with Crippen molar-refractivity contribution in [2.24, 2.45) is 0 Å². The van der Waals surface area contributed by atoms with E-state index in [1.54, 1.807) is 6.07 Å². The van der Waals surface area contributed by atoms with Gasteiger partial charge in [0, 0.05) is 23.4 Å². The van der Waals surface area contributed by atoms with Crippen molar-refractivity contribution in [1.82, 2.24) is 0 Å². The number of rotatable bonds is 3. The molecular formula is C17H12F3NO4S. The molecule has 1 N–H and O–H groups in total. The minimum Gasteiger partial charge on any atom is -0.457 e. The number of hydrogen-bond acceptors (Lipinski definition) is 5. The smallest absolute Gasteiger partial charge is 0.175 e. The van der Waals surface area contributed by atoms with Gasteiger partial charge in [-0.25, -0.2) is 21.6 Å². The lowest BCUT2D eigenvalue weighted by Gasteiger charge is -2.15. The molecule has 0 saturated carbocycles. The van der Waals surface area contributed by atoms with Crippen LogP contribution >= 0.6 is 0 Å². The second kappa shape index (κ2) is 6.30. The Morgan fingerprint density at radius 3 is 2.50 bits per heavy atom. The number of ether oxygens (including phenoxy) is 1. The van der Waals surface area contributed by atoms with Gasteiger partial charge in [-0.3, -0.25) is 0 Å². The Hall–Kier alpha value is -2.57. The quantitative estimate of drug-likeness (QED) is 0.879. The summed E-state index contributed by atoms with van der Waals surface area (Å²) in [4.78, 5) is -0.410. The van der Waals surface area contributed by atoms with E-state index in [0.29, 0.717) is 0 Å². The number of fused-ring (bicyclic) bond motifs is 1. The summed E-state index contributed by atoms with van der Waals surface area (Å²) in [6.45, 7) is 0. The summed E-state index contributed by atoms with van der Waals surface area (Å²) >= 11 is 0. The topological polar surface area (TPSA) is 87.4 Å². The van der Waals surface area contributed by atoms with Gasteiger partial charge < -0.3 is 9.84 Å². The molecule has 0 aromatic heterocycles. The number of aliphatic hydroxyl groups excluding tert-OH is 1. The maximum Gasteiger partial charge on any atom is 0.175 e. The minimum atomic E-state index is -3.87. The summed E-state index contributed by atoms with van der Waals surface area (Å²) in [7, 11) is -3.87. The van der Waals surface area contributed by atoms with E-state index >= 15 is 0 Å². The summed E-state index contributed by atoms with van der Waals surface area (Å²) in [5.41, 5.74) is -0.915. The van der Waals surface area contributed by atoms with E-state index in [9.17, 15) is 26.7 Å². The molecule has 2 aromatic rings. The third-order valence-corrected chi connectivity index (χ3v) is 5.14. The molecule has 1 aliphatic rings. The number of hydrogen-bond donors (Lipinski definition) is 1. The number of aliphatic hydroxyl groups is 1. The van der Waals surface area contributed by atoms with Gasteiger partial charge >= 0.3 is 0 Å². The highest BCUT2D eigenvalue weighted by atomic mass is 32.2. The molecule has 0 fully saturated rings. The van der Waals surface area contributed by atoms with Crippen LogP contribution in [-0.2, 0) is 9.84 Å². The largest absolute Gasteiger partial charge is 0.457 e. The lowest BCUT2D eigenvalue weighted by Crippen LogP contribution is -2.11. The Morgan fingerprint density at radius 1 is 1.19 bits per heavy atom. The molecule has 0 saturated heterocycles. The summed E-state index contributed by atoms with van der Waals surface area (Å²) in [5, 5.41) is 18.8. The van der Waals surface area contributed by atoms with Crippen molar-refractivity contribution in [3.8, 4) is 17.6 Å². The highest BCUT2D eigenvalue weighted by Crippen LogP contribution is 2.50. The second-order valence-corrected chi connectivity index (χ2v) is 7.83. The molecule has 0 amide bonds. The highest BCUT2D eigenvalue weighted by Gasteiger charge is 2.45. The van der Waals surface area contributed by atoms with Crippen LogP contribution in [0.1, 0.15) is 29.0 Å². The van der Waals surface area contributed by atoms with Crippen LogP contribution in [0.4, 0.5) is 13.2 Å². The molecule has 5 nitrogen and oxygen atoms in total. The van der Waals surface area contributed by atoms with Crippen LogP contribution in [0.15, 0.2) is 35.2 Å². The van der Waals surface area contributed by atoms with Crippen LogP contribution in [0.2, 0.25) is 0 Å². The first-order valence-electron chi connectivity index (χ1n) is 7.35. The predicted octanol–water partition coefficient (Wildman–Crippen LogP) is 3.29. The van der Waals surface area contributed by atoms with E-state index in [4.69, 9.17) is 10.00 Å². The molecule has 136 valence electrons. The SMILES string of the molecule is CS(=O)(=O)c1ccc(Oc2cc(F)cc(C#N)c2)c2c1C(O)C(F)C2F. The first-order chi connectivity index (χ1) is 12.1. The van der Waals surface area contributed by atoms with Gasteiger partial charge in [0.1, 0.15) is 23.4 Å². The molecule has 26 heavy (non-hydrogen) atoms. The molecule has 3 unspecified atom stereocenters. The fourth-order valence-corrected chi connectivity index (χ4v) is 3.84. The molecular weight excluding hydrogens is 371 g/mol. The van der Waals surface area contributed by atoms with Crippen LogP contribution in [0, 0.1) is 17.1 Å². The molecule has 0 aliphatic heterocycles. The molecule has 3 atom stereocenters. The van der Waals surface area contributed by atoms with Crippen LogP contribution < -0.4 is 4.74 Å². The van der Waals surface area contributed by atoms with Crippen molar-refractivity contribution in [3.05, 3.63) is 52.8 Å². The number of alkyl halides is 2. The van der Waals surface area contributed by atoms with E-state index in [0.717, 1.165) is 30.5 Å². The molecule has 0 heterocycles. The fourth-order valence-electron chi connectivity index (χ4n) is 2.89. The summed E-state index contributed by atoms with van der Waals surface area (Å²) < 4.78 is 71.0. The number of nitrogens with zero attached hydrogens (tertiary/aromatic N) is 1. The van der Waals surface area contributed by atoms with Gasteiger partial charge in [-0.2, -0.15) is 5.26 Å². The molecule has 3 rings (SSSR count). The maximum atomic E-state index is 14.4. The maximum absolute atomic E-state index is 14.4. The fraction of sp³-hybridized carbons (Fsp3) is 0.235. The lowest BCUT2D eigenvalue weighted by atomic mass is 10.1. The van der Waals surface area contributed by atoms with Crippen LogP contribution in [0.5, 0.6) is 11.5 Å². The van der Waals surface area contributed by atoms with Gasteiger partial charge in [0.25, 0.3) is 0 Å². The molecule has 1 aliphatic carbocycles. The Labute approximate surface area is 147 Å². The lowest BCUT2D eigenvalue weighted by molar-refractivity contribution is 0.0454. The highest BCUT2D eigenvalue weighted by molar-refractivity contribution is 7.90. The average Bonchev–Trinajstić information content (AvgIpc) is 2.79. The first kappa shape index (κ1) is 18.2. The van der Waals surface area contributed by atoms with Crippen molar-refractivity contribution in [3.63, 3.8) is 0 Å².